The van der Waals surface area contributed by atoms with Crippen molar-refractivity contribution in [1.82, 2.24) is 10.6 Å². The van der Waals surface area contributed by atoms with Crippen molar-refractivity contribution in [2.24, 2.45) is 10.9 Å². The Bertz CT molecular complexity index is 698. The molecule has 2 rings (SSSR count). The first kappa shape index (κ1) is 18.8. The van der Waals surface area contributed by atoms with Gasteiger partial charge in [-0.15, -0.1) is 0 Å². The van der Waals surface area contributed by atoms with Gasteiger partial charge in [0.15, 0.2) is 15.8 Å². The first-order chi connectivity index (χ1) is 11.3. The van der Waals surface area contributed by atoms with Crippen LogP contribution in [0.1, 0.15) is 44.2 Å². The molecule has 2 atom stereocenters. The second-order valence-corrected chi connectivity index (χ2v) is 8.59. The van der Waals surface area contributed by atoms with Gasteiger partial charge >= 0.3 is 0 Å². The van der Waals surface area contributed by atoms with Crippen LogP contribution >= 0.6 is 0 Å². The van der Waals surface area contributed by atoms with Gasteiger partial charge in [0, 0.05) is 18.8 Å². The maximum atomic E-state index is 11.7. The van der Waals surface area contributed by atoms with E-state index in [1.165, 1.54) is 25.5 Å². The van der Waals surface area contributed by atoms with Crippen molar-refractivity contribution in [3.63, 3.8) is 0 Å². The lowest BCUT2D eigenvalue weighted by atomic mass is 10.1. The zero-order valence-electron chi connectivity index (χ0n) is 15.1. The SMILES string of the molecule is CCCC1CC1NC(=NCc1ccc(S(C)(=O)=O)c(C)c1)NCC. The molecule has 24 heavy (non-hydrogen) atoms. The van der Waals surface area contributed by atoms with Gasteiger partial charge in [-0.2, -0.15) is 0 Å². The summed E-state index contributed by atoms with van der Waals surface area (Å²) in [5.74, 6) is 1.61. The van der Waals surface area contributed by atoms with Crippen molar-refractivity contribution < 1.29 is 8.42 Å². The molecule has 0 spiro atoms. The van der Waals surface area contributed by atoms with Crippen molar-refractivity contribution in [1.29, 1.82) is 0 Å². The number of hydrogen-bond donors (Lipinski definition) is 2. The van der Waals surface area contributed by atoms with Gasteiger partial charge < -0.3 is 10.6 Å². The summed E-state index contributed by atoms with van der Waals surface area (Å²) in [4.78, 5) is 5.03. The number of aliphatic imine (C=N–C) groups is 1. The van der Waals surface area contributed by atoms with Gasteiger partial charge in [-0.1, -0.05) is 25.5 Å². The zero-order chi connectivity index (χ0) is 17.7. The Balaban J connectivity index is 2.02. The molecule has 1 aromatic carbocycles. The lowest BCUT2D eigenvalue weighted by molar-refractivity contribution is 0.601. The van der Waals surface area contributed by atoms with Gasteiger partial charge in [0.05, 0.1) is 11.4 Å². The Morgan fingerprint density at radius 1 is 1.33 bits per heavy atom. The van der Waals surface area contributed by atoms with Crippen LogP contribution in [0.4, 0.5) is 0 Å². The fraction of sp³-hybridized carbons (Fsp3) is 0.611. The van der Waals surface area contributed by atoms with Crippen LogP contribution in [0, 0.1) is 12.8 Å². The Kier molecular flexibility index (Phi) is 6.27. The summed E-state index contributed by atoms with van der Waals surface area (Å²) in [6.07, 6.45) is 4.95. The van der Waals surface area contributed by atoms with Gasteiger partial charge in [-0.05, 0) is 49.8 Å². The number of sulfone groups is 1. The molecule has 1 saturated carbocycles. The standard InChI is InChI=1S/C18H29N3O2S/c1-5-7-15-11-16(15)21-18(19-6-2)20-12-14-8-9-17(13(3)10-14)24(4,22)23/h8-10,15-16H,5-7,11-12H2,1-4H3,(H2,19,20,21). The number of benzene rings is 1. The predicted molar refractivity (Wildman–Crippen MR) is 99.0 cm³/mol. The summed E-state index contributed by atoms with van der Waals surface area (Å²) in [6.45, 7) is 7.46. The molecule has 0 radical (unpaired) electrons. The Labute approximate surface area is 145 Å². The predicted octanol–water partition coefficient (Wildman–Crippen LogP) is 2.64. The van der Waals surface area contributed by atoms with Crippen LogP contribution in [0.5, 0.6) is 0 Å². The monoisotopic (exact) mass is 351 g/mol. The molecule has 2 N–H and O–H groups in total. The van der Waals surface area contributed by atoms with E-state index >= 15 is 0 Å². The van der Waals surface area contributed by atoms with Crippen molar-refractivity contribution in [2.45, 2.75) is 57.5 Å². The highest BCUT2D eigenvalue weighted by Gasteiger charge is 2.36. The largest absolute Gasteiger partial charge is 0.357 e. The van der Waals surface area contributed by atoms with Gasteiger partial charge in [0.1, 0.15) is 0 Å². The summed E-state index contributed by atoms with van der Waals surface area (Å²) >= 11 is 0. The quantitative estimate of drug-likeness (QED) is 0.585. The topological polar surface area (TPSA) is 70.6 Å². The number of rotatable bonds is 7. The summed E-state index contributed by atoms with van der Waals surface area (Å²) in [5.41, 5.74) is 1.78. The highest BCUT2D eigenvalue weighted by Crippen LogP contribution is 2.34. The lowest BCUT2D eigenvalue weighted by Crippen LogP contribution is -2.39. The molecule has 0 saturated heterocycles. The third-order valence-corrected chi connectivity index (χ3v) is 5.56. The molecule has 0 amide bonds. The van der Waals surface area contributed by atoms with E-state index in [1.54, 1.807) is 6.07 Å². The summed E-state index contributed by atoms with van der Waals surface area (Å²) < 4.78 is 23.4. The van der Waals surface area contributed by atoms with Crippen LogP contribution in [0.25, 0.3) is 0 Å². The molecule has 0 aromatic heterocycles. The minimum atomic E-state index is -3.17. The van der Waals surface area contributed by atoms with Crippen molar-refractivity contribution >= 4 is 15.8 Å². The van der Waals surface area contributed by atoms with Crippen molar-refractivity contribution in [2.75, 3.05) is 12.8 Å². The molecule has 0 aliphatic heterocycles. The smallest absolute Gasteiger partial charge is 0.191 e. The van der Waals surface area contributed by atoms with E-state index in [-0.39, 0.29) is 0 Å². The maximum absolute atomic E-state index is 11.7. The number of hydrogen-bond acceptors (Lipinski definition) is 3. The fourth-order valence-corrected chi connectivity index (χ4v) is 3.97. The second kappa shape index (κ2) is 8.01. The van der Waals surface area contributed by atoms with E-state index in [1.807, 2.05) is 19.1 Å². The summed E-state index contributed by atoms with van der Waals surface area (Å²) in [7, 11) is -3.17. The van der Waals surface area contributed by atoms with E-state index in [2.05, 4.69) is 29.5 Å². The molecule has 1 aromatic rings. The third kappa shape index (κ3) is 5.23. The van der Waals surface area contributed by atoms with Gasteiger partial charge in [0.2, 0.25) is 0 Å². The molecule has 6 heteroatoms. The minimum absolute atomic E-state index is 0.389. The number of guanidine groups is 1. The maximum Gasteiger partial charge on any atom is 0.191 e. The van der Waals surface area contributed by atoms with Crippen molar-refractivity contribution in [3.05, 3.63) is 29.3 Å². The second-order valence-electron chi connectivity index (χ2n) is 6.60. The van der Waals surface area contributed by atoms with Crippen LogP contribution in [0.15, 0.2) is 28.1 Å². The van der Waals surface area contributed by atoms with Crippen LogP contribution in [0.3, 0.4) is 0 Å². The summed E-state index contributed by atoms with van der Waals surface area (Å²) in [6, 6.07) is 5.96. The Morgan fingerprint density at radius 3 is 2.67 bits per heavy atom. The molecule has 0 bridgehead atoms. The first-order valence-corrected chi connectivity index (χ1v) is 10.6. The van der Waals surface area contributed by atoms with Gasteiger partial charge in [0.25, 0.3) is 0 Å². The lowest BCUT2D eigenvalue weighted by Gasteiger charge is -2.11. The fourth-order valence-electron chi connectivity index (χ4n) is 3.01. The molecule has 134 valence electrons. The molecule has 2 unspecified atom stereocenters. The van der Waals surface area contributed by atoms with E-state index in [0.29, 0.717) is 17.5 Å². The average molecular weight is 352 g/mol. The number of aryl methyl sites for hydroxylation is 1. The highest BCUT2D eigenvalue weighted by atomic mass is 32.2. The summed E-state index contributed by atoms with van der Waals surface area (Å²) in [5, 5.41) is 6.77. The van der Waals surface area contributed by atoms with Gasteiger partial charge in [-0.25, -0.2) is 13.4 Å². The van der Waals surface area contributed by atoms with Crippen LogP contribution < -0.4 is 10.6 Å². The third-order valence-electron chi connectivity index (χ3n) is 4.31. The Hall–Kier alpha value is -1.56. The molecule has 1 fully saturated rings. The van der Waals surface area contributed by atoms with E-state index in [9.17, 15) is 8.42 Å². The highest BCUT2D eigenvalue weighted by molar-refractivity contribution is 7.90. The molecule has 1 aliphatic rings. The zero-order valence-corrected chi connectivity index (χ0v) is 15.9. The van der Waals surface area contributed by atoms with Crippen LogP contribution in [-0.2, 0) is 16.4 Å². The van der Waals surface area contributed by atoms with Crippen LogP contribution in [-0.4, -0.2) is 33.2 Å². The Morgan fingerprint density at radius 2 is 2.08 bits per heavy atom. The molecule has 0 heterocycles. The van der Waals surface area contributed by atoms with Gasteiger partial charge in [-0.3, -0.25) is 0 Å². The molecular weight excluding hydrogens is 322 g/mol. The molecule has 5 nitrogen and oxygen atoms in total. The van der Waals surface area contributed by atoms with E-state index in [4.69, 9.17) is 0 Å². The number of nitrogens with zero attached hydrogens (tertiary/aromatic N) is 1. The number of nitrogens with one attached hydrogen (secondary N) is 2. The minimum Gasteiger partial charge on any atom is -0.357 e. The molecular formula is C18H29N3O2S. The van der Waals surface area contributed by atoms with E-state index in [0.717, 1.165) is 29.5 Å². The molecule has 1 aliphatic carbocycles. The van der Waals surface area contributed by atoms with E-state index < -0.39 is 9.84 Å². The van der Waals surface area contributed by atoms with Crippen LogP contribution in [0.2, 0.25) is 0 Å². The average Bonchev–Trinajstić information content (AvgIpc) is 3.22. The normalized spacial score (nSPS) is 20.8. The van der Waals surface area contributed by atoms with Crippen molar-refractivity contribution in [3.8, 4) is 0 Å². The first-order valence-electron chi connectivity index (χ1n) is 8.69.